The summed E-state index contributed by atoms with van der Waals surface area (Å²) in [5, 5.41) is 0. The predicted molar refractivity (Wildman–Crippen MR) is 58.6 cm³/mol. The van der Waals surface area contributed by atoms with Crippen molar-refractivity contribution in [2.75, 3.05) is 0 Å². The van der Waals surface area contributed by atoms with Crippen LogP contribution in [0.3, 0.4) is 0 Å². The van der Waals surface area contributed by atoms with Gasteiger partial charge < -0.3 is 0 Å². The molecule has 1 rings (SSSR count). The summed E-state index contributed by atoms with van der Waals surface area (Å²) in [6.07, 6.45) is 4.20. The van der Waals surface area contributed by atoms with Crippen LogP contribution in [-0.2, 0) is 0 Å². The van der Waals surface area contributed by atoms with Crippen molar-refractivity contribution in [1.29, 1.82) is 0 Å². The van der Waals surface area contributed by atoms with Crippen LogP contribution in [0.5, 0.6) is 0 Å². The normalized spacial score (nSPS) is 10.8. The maximum absolute atomic E-state index is 2.33. The zero-order chi connectivity index (χ0) is 8.27. The maximum Gasteiger partial charge on any atom is 0.0136 e. The van der Waals surface area contributed by atoms with E-state index in [-0.39, 0.29) is 0 Å². The molecule has 11 heavy (non-hydrogen) atoms. The van der Waals surface area contributed by atoms with E-state index in [0.29, 0.717) is 0 Å². The number of benzene rings is 1. The number of hydrogen-bond donors (Lipinski definition) is 0. The lowest BCUT2D eigenvalue weighted by molar-refractivity contribution is 1.42. The van der Waals surface area contributed by atoms with Crippen molar-refractivity contribution in [3.8, 4) is 0 Å². The summed E-state index contributed by atoms with van der Waals surface area (Å²) in [4.78, 5) is 0. The van der Waals surface area contributed by atoms with Crippen molar-refractivity contribution in [3.63, 3.8) is 0 Å². The zero-order valence-corrected chi connectivity index (χ0v) is 8.92. The van der Waals surface area contributed by atoms with Gasteiger partial charge in [0, 0.05) is 3.57 Å². The van der Waals surface area contributed by atoms with E-state index < -0.39 is 0 Å². The van der Waals surface area contributed by atoms with Gasteiger partial charge in [-0.3, -0.25) is 0 Å². The topological polar surface area (TPSA) is 0 Å². The molecule has 0 radical (unpaired) electrons. The second-order valence-corrected chi connectivity index (χ2v) is 3.75. The Morgan fingerprint density at radius 3 is 2.73 bits per heavy atom. The van der Waals surface area contributed by atoms with Crippen LogP contribution in [0.2, 0.25) is 0 Å². The van der Waals surface area contributed by atoms with Crippen LogP contribution in [-0.4, -0.2) is 0 Å². The van der Waals surface area contributed by atoms with Crippen molar-refractivity contribution in [2.24, 2.45) is 0 Å². The Hall–Kier alpha value is -0.310. The summed E-state index contributed by atoms with van der Waals surface area (Å²) in [5.74, 6) is 0. The van der Waals surface area contributed by atoms with E-state index >= 15 is 0 Å². The highest BCUT2D eigenvalue weighted by Crippen LogP contribution is 2.14. The third kappa shape index (κ3) is 2.33. The average molecular weight is 258 g/mol. The summed E-state index contributed by atoms with van der Waals surface area (Å²) in [6, 6.07) is 6.47. The second-order valence-electron chi connectivity index (χ2n) is 2.50. The summed E-state index contributed by atoms with van der Waals surface area (Å²) < 4.78 is 1.29. The number of allylic oxidation sites excluding steroid dienone is 1. The van der Waals surface area contributed by atoms with Gasteiger partial charge in [-0.2, -0.15) is 0 Å². The largest absolute Gasteiger partial charge is 0.0871 e. The highest BCUT2D eigenvalue weighted by molar-refractivity contribution is 14.1. The summed E-state index contributed by atoms with van der Waals surface area (Å²) in [7, 11) is 0. The Kier molecular flexibility index (Phi) is 3.12. The molecule has 0 bridgehead atoms. The lowest BCUT2D eigenvalue weighted by Crippen LogP contribution is -1.80. The van der Waals surface area contributed by atoms with E-state index in [4.69, 9.17) is 0 Å². The smallest absolute Gasteiger partial charge is 0.0136 e. The van der Waals surface area contributed by atoms with E-state index in [0.717, 1.165) is 0 Å². The Labute approximate surface area is 81.5 Å². The van der Waals surface area contributed by atoms with E-state index in [2.05, 4.69) is 59.9 Å². The molecule has 1 aromatic rings. The zero-order valence-electron chi connectivity index (χ0n) is 6.76. The van der Waals surface area contributed by atoms with Crippen LogP contribution >= 0.6 is 22.6 Å². The van der Waals surface area contributed by atoms with Crippen molar-refractivity contribution in [1.82, 2.24) is 0 Å². The molecule has 0 heterocycles. The molecule has 0 atom stereocenters. The fraction of sp³-hybridized carbons (Fsp3) is 0.200. The van der Waals surface area contributed by atoms with Gasteiger partial charge in [0.1, 0.15) is 0 Å². The monoisotopic (exact) mass is 258 g/mol. The molecule has 0 nitrogen and oxygen atoms in total. The molecule has 0 fully saturated rings. The molecule has 0 aromatic heterocycles. The highest BCUT2D eigenvalue weighted by Gasteiger charge is 1.93. The van der Waals surface area contributed by atoms with Gasteiger partial charge in [0.25, 0.3) is 0 Å². The summed E-state index contributed by atoms with van der Waals surface area (Å²) >= 11 is 2.33. The molecule has 1 heteroatoms. The van der Waals surface area contributed by atoms with Crippen LogP contribution in [0.25, 0.3) is 6.08 Å². The molecule has 0 aliphatic rings. The minimum absolute atomic E-state index is 1.29. The molecule has 0 spiro atoms. The average Bonchev–Trinajstić information content (AvgIpc) is 1.98. The van der Waals surface area contributed by atoms with Crippen LogP contribution < -0.4 is 0 Å². The first kappa shape index (κ1) is 8.78. The van der Waals surface area contributed by atoms with Gasteiger partial charge in [-0.1, -0.05) is 18.2 Å². The van der Waals surface area contributed by atoms with Crippen molar-refractivity contribution < 1.29 is 0 Å². The minimum atomic E-state index is 1.29. The first-order valence-corrected chi connectivity index (χ1v) is 4.71. The Morgan fingerprint density at radius 1 is 1.36 bits per heavy atom. The van der Waals surface area contributed by atoms with Gasteiger partial charge in [0.05, 0.1) is 0 Å². The van der Waals surface area contributed by atoms with Gasteiger partial charge in [-0.25, -0.2) is 0 Å². The molecular weight excluding hydrogens is 247 g/mol. The molecule has 0 N–H and O–H groups in total. The van der Waals surface area contributed by atoms with E-state index in [9.17, 15) is 0 Å². The maximum atomic E-state index is 2.33. The molecule has 0 amide bonds. The molecule has 0 aliphatic carbocycles. The lowest BCUT2D eigenvalue weighted by Gasteiger charge is -1.99. The molecule has 0 unspecified atom stereocenters. The number of halogens is 1. The first-order chi connectivity index (χ1) is 5.24. The van der Waals surface area contributed by atoms with E-state index in [1.807, 2.05) is 6.92 Å². The van der Waals surface area contributed by atoms with Crippen LogP contribution in [0, 0.1) is 10.5 Å². The van der Waals surface area contributed by atoms with Crippen LogP contribution in [0.15, 0.2) is 24.3 Å². The van der Waals surface area contributed by atoms with E-state index in [1.165, 1.54) is 14.7 Å². The third-order valence-corrected chi connectivity index (χ3v) is 2.26. The molecule has 58 valence electrons. The van der Waals surface area contributed by atoms with Crippen molar-refractivity contribution >= 4 is 28.7 Å². The third-order valence-electron chi connectivity index (χ3n) is 1.59. The first-order valence-electron chi connectivity index (χ1n) is 3.63. The van der Waals surface area contributed by atoms with Gasteiger partial charge in [-0.05, 0) is 59.7 Å². The van der Waals surface area contributed by atoms with Gasteiger partial charge in [0.2, 0.25) is 0 Å². The molecule has 0 aliphatic heterocycles. The quantitative estimate of drug-likeness (QED) is 0.675. The minimum Gasteiger partial charge on any atom is -0.0871 e. The Balaban J connectivity index is 3.12. The van der Waals surface area contributed by atoms with E-state index in [1.54, 1.807) is 0 Å². The second kappa shape index (κ2) is 3.90. The van der Waals surface area contributed by atoms with Gasteiger partial charge in [0.15, 0.2) is 0 Å². The number of rotatable bonds is 1. The van der Waals surface area contributed by atoms with Crippen LogP contribution in [0.1, 0.15) is 18.1 Å². The SMILES string of the molecule is C/C=C\c1cc(I)ccc1C. The molecule has 0 saturated carbocycles. The summed E-state index contributed by atoms with van der Waals surface area (Å²) in [6.45, 7) is 4.17. The summed E-state index contributed by atoms with van der Waals surface area (Å²) in [5.41, 5.74) is 2.66. The predicted octanol–water partition coefficient (Wildman–Crippen LogP) is 3.63. The Morgan fingerprint density at radius 2 is 2.09 bits per heavy atom. The fourth-order valence-corrected chi connectivity index (χ4v) is 1.49. The Bertz CT molecular complexity index is 274. The van der Waals surface area contributed by atoms with Crippen molar-refractivity contribution in [3.05, 3.63) is 39.0 Å². The van der Waals surface area contributed by atoms with Crippen molar-refractivity contribution in [2.45, 2.75) is 13.8 Å². The molecular formula is C10H11I. The molecule has 1 aromatic carbocycles. The highest BCUT2D eigenvalue weighted by atomic mass is 127. The standard InChI is InChI=1S/C10H11I/c1-3-4-9-7-10(11)6-5-8(9)2/h3-7H,1-2H3/b4-3-. The van der Waals surface area contributed by atoms with Gasteiger partial charge >= 0.3 is 0 Å². The number of hydrogen-bond acceptors (Lipinski definition) is 0. The van der Waals surface area contributed by atoms with Gasteiger partial charge in [-0.15, -0.1) is 0 Å². The fourth-order valence-electron chi connectivity index (χ4n) is 0.970. The van der Waals surface area contributed by atoms with Crippen LogP contribution in [0.4, 0.5) is 0 Å². The lowest BCUT2D eigenvalue weighted by atomic mass is 10.1. The number of aryl methyl sites for hydroxylation is 1. The molecule has 0 saturated heterocycles.